The molecule has 0 bridgehead atoms. The predicted octanol–water partition coefficient (Wildman–Crippen LogP) is 2.98. The molecule has 1 aromatic carbocycles. The summed E-state index contributed by atoms with van der Waals surface area (Å²) in [7, 11) is 0. The van der Waals surface area contributed by atoms with Crippen LogP contribution in [0.15, 0.2) is 12.1 Å². The van der Waals surface area contributed by atoms with Gasteiger partial charge < -0.3 is 15.0 Å². The Morgan fingerprint density at radius 3 is 2.30 bits per heavy atom. The van der Waals surface area contributed by atoms with Gasteiger partial charge in [0.1, 0.15) is 5.60 Å². The lowest BCUT2D eigenvalue weighted by atomic mass is 10.2. The van der Waals surface area contributed by atoms with Crippen molar-refractivity contribution >= 4 is 17.7 Å². The number of carbonyl (C=O) groups excluding carboxylic acids is 2. The summed E-state index contributed by atoms with van der Waals surface area (Å²) in [6.45, 7) is 6.03. The standard InChI is InChI=1S/C15H19F3N2O3/c1-9(21)20(8-7-19-14(22)23-15(2,3)4)11-6-5-10(16)12(17)13(11)18/h5-6H,7-8H2,1-4H3,(H,19,22). The van der Waals surface area contributed by atoms with Gasteiger partial charge >= 0.3 is 6.09 Å². The van der Waals surface area contributed by atoms with Crippen LogP contribution in [-0.4, -0.2) is 30.7 Å². The molecule has 1 rings (SSSR count). The monoisotopic (exact) mass is 332 g/mol. The first-order chi connectivity index (χ1) is 10.5. The predicted molar refractivity (Wildman–Crippen MR) is 78.6 cm³/mol. The second kappa shape index (κ2) is 7.34. The Morgan fingerprint density at radius 2 is 1.78 bits per heavy atom. The minimum atomic E-state index is -1.66. The molecule has 0 fully saturated rings. The summed E-state index contributed by atoms with van der Waals surface area (Å²) in [4.78, 5) is 24.0. The first-order valence-electron chi connectivity index (χ1n) is 6.91. The van der Waals surface area contributed by atoms with Gasteiger partial charge in [0.25, 0.3) is 0 Å². The zero-order chi connectivity index (χ0) is 17.8. The lowest BCUT2D eigenvalue weighted by molar-refractivity contribution is -0.116. The largest absolute Gasteiger partial charge is 0.444 e. The van der Waals surface area contributed by atoms with Crippen molar-refractivity contribution in [3.8, 4) is 0 Å². The van der Waals surface area contributed by atoms with Gasteiger partial charge in [-0.3, -0.25) is 4.79 Å². The van der Waals surface area contributed by atoms with Crippen molar-refractivity contribution in [1.29, 1.82) is 0 Å². The third-order valence-electron chi connectivity index (χ3n) is 2.69. The van der Waals surface area contributed by atoms with Crippen LogP contribution >= 0.6 is 0 Å². The maximum Gasteiger partial charge on any atom is 0.407 e. The van der Waals surface area contributed by atoms with Crippen molar-refractivity contribution in [3.05, 3.63) is 29.6 Å². The zero-order valence-electron chi connectivity index (χ0n) is 13.4. The molecule has 0 aromatic heterocycles. The summed E-state index contributed by atoms with van der Waals surface area (Å²) in [6.07, 6.45) is -0.702. The average Bonchev–Trinajstić information content (AvgIpc) is 2.40. The van der Waals surface area contributed by atoms with Crippen LogP contribution < -0.4 is 10.2 Å². The van der Waals surface area contributed by atoms with Crippen LogP contribution in [0.4, 0.5) is 23.7 Å². The van der Waals surface area contributed by atoms with Gasteiger partial charge in [0, 0.05) is 20.0 Å². The second-order valence-corrected chi connectivity index (χ2v) is 5.79. The Balaban J connectivity index is 2.77. The number of amides is 2. The average molecular weight is 332 g/mol. The number of rotatable bonds is 4. The minimum absolute atomic E-state index is 0.0487. The summed E-state index contributed by atoms with van der Waals surface area (Å²) < 4.78 is 45.0. The van der Waals surface area contributed by atoms with Crippen molar-refractivity contribution in [2.24, 2.45) is 0 Å². The van der Waals surface area contributed by atoms with Crippen molar-refractivity contribution in [1.82, 2.24) is 5.32 Å². The van der Waals surface area contributed by atoms with E-state index in [0.29, 0.717) is 0 Å². The highest BCUT2D eigenvalue weighted by atomic mass is 19.2. The van der Waals surface area contributed by atoms with Gasteiger partial charge in [0.15, 0.2) is 17.5 Å². The summed E-state index contributed by atoms with van der Waals surface area (Å²) >= 11 is 0. The number of benzene rings is 1. The molecule has 5 nitrogen and oxygen atoms in total. The number of hydrogen-bond donors (Lipinski definition) is 1. The smallest absolute Gasteiger partial charge is 0.407 e. The maximum absolute atomic E-state index is 13.8. The first kappa shape index (κ1) is 18.8. The van der Waals surface area contributed by atoms with Crippen LogP contribution in [0.3, 0.4) is 0 Å². The molecule has 0 aliphatic heterocycles. The fourth-order valence-electron chi connectivity index (χ4n) is 1.76. The van der Waals surface area contributed by atoms with Crippen LogP contribution in [-0.2, 0) is 9.53 Å². The molecule has 0 aliphatic rings. The Labute approximate surface area is 132 Å². The Morgan fingerprint density at radius 1 is 1.17 bits per heavy atom. The molecule has 0 unspecified atom stereocenters. The molecule has 0 saturated heterocycles. The topological polar surface area (TPSA) is 58.6 Å². The van der Waals surface area contributed by atoms with Crippen LogP contribution in [0.25, 0.3) is 0 Å². The van der Waals surface area contributed by atoms with E-state index in [2.05, 4.69) is 5.32 Å². The van der Waals surface area contributed by atoms with E-state index in [1.54, 1.807) is 20.8 Å². The molecular formula is C15H19F3N2O3. The number of carbonyl (C=O) groups is 2. The molecule has 8 heteroatoms. The van der Waals surface area contributed by atoms with E-state index in [0.717, 1.165) is 24.0 Å². The fraction of sp³-hybridized carbons (Fsp3) is 0.467. The van der Waals surface area contributed by atoms with Gasteiger partial charge in [-0.1, -0.05) is 0 Å². The van der Waals surface area contributed by atoms with Gasteiger partial charge in [-0.2, -0.15) is 0 Å². The van der Waals surface area contributed by atoms with Crippen molar-refractivity contribution in [3.63, 3.8) is 0 Å². The number of nitrogens with zero attached hydrogens (tertiary/aromatic N) is 1. The minimum Gasteiger partial charge on any atom is -0.444 e. The summed E-state index contributed by atoms with van der Waals surface area (Å²) in [5, 5.41) is 2.39. The van der Waals surface area contributed by atoms with Gasteiger partial charge in [-0.15, -0.1) is 0 Å². The SMILES string of the molecule is CC(=O)N(CCNC(=O)OC(C)(C)C)c1ccc(F)c(F)c1F. The number of hydrogen-bond acceptors (Lipinski definition) is 3. The van der Waals surface area contributed by atoms with Crippen LogP contribution in [0.1, 0.15) is 27.7 Å². The lowest BCUT2D eigenvalue weighted by Gasteiger charge is -2.23. The number of anilines is 1. The van der Waals surface area contributed by atoms with Gasteiger partial charge in [0.2, 0.25) is 5.91 Å². The maximum atomic E-state index is 13.8. The van der Waals surface area contributed by atoms with E-state index in [9.17, 15) is 22.8 Å². The summed E-state index contributed by atoms with van der Waals surface area (Å²) in [6, 6.07) is 1.69. The molecule has 0 spiro atoms. The molecule has 128 valence electrons. The van der Waals surface area contributed by atoms with E-state index in [4.69, 9.17) is 4.74 Å². The molecule has 0 aliphatic carbocycles. The van der Waals surface area contributed by atoms with Crippen LogP contribution in [0, 0.1) is 17.5 Å². The molecule has 0 saturated carbocycles. The second-order valence-electron chi connectivity index (χ2n) is 5.79. The van der Waals surface area contributed by atoms with E-state index < -0.39 is 40.7 Å². The number of halogens is 3. The molecular weight excluding hydrogens is 313 g/mol. The fourth-order valence-corrected chi connectivity index (χ4v) is 1.76. The van der Waals surface area contributed by atoms with E-state index in [1.165, 1.54) is 0 Å². The molecule has 0 radical (unpaired) electrons. The van der Waals surface area contributed by atoms with Crippen molar-refractivity contribution in [2.75, 3.05) is 18.0 Å². The molecule has 1 aromatic rings. The van der Waals surface area contributed by atoms with Crippen molar-refractivity contribution < 1.29 is 27.5 Å². The Kier molecular flexibility index (Phi) is 6.00. The molecule has 1 N–H and O–H groups in total. The van der Waals surface area contributed by atoms with E-state index in [-0.39, 0.29) is 13.1 Å². The third kappa shape index (κ3) is 5.46. The van der Waals surface area contributed by atoms with Crippen LogP contribution in [0.2, 0.25) is 0 Å². The quantitative estimate of drug-likeness (QED) is 0.863. The number of ether oxygens (including phenoxy) is 1. The summed E-state index contributed by atoms with van der Waals surface area (Å²) in [5.74, 6) is -5.05. The van der Waals surface area contributed by atoms with E-state index >= 15 is 0 Å². The lowest BCUT2D eigenvalue weighted by Crippen LogP contribution is -2.40. The number of alkyl carbamates (subject to hydrolysis) is 1. The van der Waals surface area contributed by atoms with Gasteiger partial charge in [-0.25, -0.2) is 18.0 Å². The molecule has 0 heterocycles. The molecule has 23 heavy (non-hydrogen) atoms. The Bertz CT molecular complexity index is 600. The highest BCUT2D eigenvalue weighted by Crippen LogP contribution is 2.23. The normalized spacial score (nSPS) is 11.1. The zero-order valence-corrected chi connectivity index (χ0v) is 13.4. The van der Waals surface area contributed by atoms with Crippen molar-refractivity contribution in [2.45, 2.75) is 33.3 Å². The molecule has 2 amide bonds. The van der Waals surface area contributed by atoms with Gasteiger partial charge in [0.05, 0.1) is 5.69 Å². The highest BCUT2D eigenvalue weighted by Gasteiger charge is 2.21. The molecule has 0 atom stereocenters. The van der Waals surface area contributed by atoms with Crippen LogP contribution in [0.5, 0.6) is 0 Å². The summed E-state index contributed by atoms with van der Waals surface area (Å²) in [5.41, 5.74) is -1.08. The number of nitrogens with one attached hydrogen (secondary N) is 1. The third-order valence-corrected chi connectivity index (χ3v) is 2.69. The van der Waals surface area contributed by atoms with Gasteiger partial charge in [-0.05, 0) is 32.9 Å². The van der Waals surface area contributed by atoms with E-state index in [1.807, 2.05) is 0 Å². The highest BCUT2D eigenvalue weighted by molar-refractivity contribution is 5.91. The Hall–Kier alpha value is -2.25. The first-order valence-corrected chi connectivity index (χ1v) is 6.91.